The first kappa shape index (κ1) is 24.5. The number of aryl methyl sites for hydroxylation is 1. The maximum Gasteiger partial charge on any atom is 0.331 e. The molecule has 0 atom stereocenters. The van der Waals surface area contributed by atoms with E-state index in [4.69, 9.17) is 4.74 Å². The number of methoxy groups -OCH3 is 1. The fraction of sp³-hybridized carbons (Fsp3) is 0.731. The van der Waals surface area contributed by atoms with E-state index in [1.165, 1.54) is 26.4 Å². The van der Waals surface area contributed by atoms with Crippen LogP contribution in [0.3, 0.4) is 0 Å². The maximum absolute atomic E-state index is 13.6. The van der Waals surface area contributed by atoms with Crippen LogP contribution in [0.25, 0.3) is 0 Å². The number of ether oxygens (including phenoxy) is 1. The first-order valence-corrected chi connectivity index (χ1v) is 12.6. The van der Waals surface area contributed by atoms with Crippen molar-refractivity contribution >= 4 is 11.9 Å². The van der Waals surface area contributed by atoms with Gasteiger partial charge in [-0.1, -0.05) is 58.8 Å². The number of rotatable bonds is 8. The molecule has 0 spiro atoms. The van der Waals surface area contributed by atoms with E-state index in [1.54, 1.807) is 6.07 Å². The molecule has 0 aliphatic heterocycles. The molecule has 6 nitrogen and oxygen atoms in total. The van der Waals surface area contributed by atoms with Gasteiger partial charge in [-0.2, -0.15) is 0 Å². The van der Waals surface area contributed by atoms with Crippen LogP contribution >= 0.6 is 0 Å². The standard InChI is InChI=1S/C26H40N2O4/c1-4-12-22-20(5-2)17-21(24(30)28(22)18-19-13-8-6-9-14-19)23(29)27-26(25(31)32-3)15-10-7-11-16-26/h17,19H,4-16,18H2,1-3H3,(H,27,29). The highest BCUT2D eigenvalue weighted by Crippen LogP contribution is 2.30. The number of esters is 1. The lowest BCUT2D eigenvalue weighted by atomic mass is 9.81. The lowest BCUT2D eigenvalue weighted by Gasteiger charge is -2.35. The minimum Gasteiger partial charge on any atom is -0.467 e. The highest BCUT2D eigenvalue weighted by molar-refractivity contribution is 5.98. The number of nitrogens with zero attached hydrogens (tertiary/aromatic N) is 1. The number of aromatic nitrogens is 1. The summed E-state index contributed by atoms with van der Waals surface area (Å²) in [6.07, 6.45) is 12.4. The van der Waals surface area contributed by atoms with Gasteiger partial charge in [0.25, 0.3) is 11.5 Å². The molecule has 6 heteroatoms. The number of pyridine rings is 1. The van der Waals surface area contributed by atoms with Gasteiger partial charge in [0.15, 0.2) is 0 Å². The molecule has 0 unspecified atom stereocenters. The van der Waals surface area contributed by atoms with Crippen LogP contribution < -0.4 is 10.9 Å². The smallest absolute Gasteiger partial charge is 0.331 e. The van der Waals surface area contributed by atoms with Gasteiger partial charge < -0.3 is 14.6 Å². The van der Waals surface area contributed by atoms with Crippen LogP contribution in [0, 0.1) is 5.92 Å². The Morgan fingerprint density at radius 3 is 2.34 bits per heavy atom. The third-order valence-electron chi connectivity index (χ3n) is 7.40. The topological polar surface area (TPSA) is 77.4 Å². The van der Waals surface area contributed by atoms with E-state index in [0.717, 1.165) is 62.6 Å². The van der Waals surface area contributed by atoms with Crippen molar-refractivity contribution in [3.63, 3.8) is 0 Å². The van der Waals surface area contributed by atoms with E-state index in [0.29, 0.717) is 25.3 Å². The number of hydrogen-bond acceptors (Lipinski definition) is 4. The van der Waals surface area contributed by atoms with Crippen LogP contribution in [0.5, 0.6) is 0 Å². The molecule has 2 aliphatic carbocycles. The molecule has 1 N–H and O–H groups in total. The summed E-state index contributed by atoms with van der Waals surface area (Å²) in [5.41, 5.74) is 1.04. The molecule has 1 heterocycles. The zero-order chi connectivity index (χ0) is 23.1. The van der Waals surface area contributed by atoms with Crippen molar-refractivity contribution in [3.05, 3.63) is 33.2 Å². The summed E-state index contributed by atoms with van der Waals surface area (Å²) in [7, 11) is 1.36. The fourth-order valence-electron chi connectivity index (χ4n) is 5.60. The second-order valence-electron chi connectivity index (χ2n) is 9.64. The van der Waals surface area contributed by atoms with Crippen molar-refractivity contribution in [2.45, 2.75) is 109 Å². The molecule has 0 aromatic carbocycles. The normalized spacial score (nSPS) is 18.8. The van der Waals surface area contributed by atoms with Gasteiger partial charge in [-0.3, -0.25) is 9.59 Å². The van der Waals surface area contributed by atoms with Crippen molar-refractivity contribution in [1.82, 2.24) is 9.88 Å². The summed E-state index contributed by atoms with van der Waals surface area (Å²) in [4.78, 5) is 39.6. The SMILES string of the molecule is CCCc1c(CC)cc(C(=O)NC2(C(=O)OC)CCCCC2)c(=O)n1CC1CCCCC1. The maximum atomic E-state index is 13.6. The van der Waals surface area contributed by atoms with E-state index in [1.807, 2.05) is 4.57 Å². The largest absolute Gasteiger partial charge is 0.467 e. The third kappa shape index (κ3) is 5.26. The molecular weight excluding hydrogens is 404 g/mol. The Balaban J connectivity index is 1.99. The lowest BCUT2D eigenvalue weighted by molar-refractivity contribution is -0.149. The predicted octanol–water partition coefficient (Wildman–Crippen LogP) is 4.55. The van der Waals surface area contributed by atoms with Crippen molar-refractivity contribution in [2.24, 2.45) is 5.92 Å². The Kier molecular flexibility index (Phi) is 8.55. The zero-order valence-corrected chi connectivity index (χ0v) is 20.1. The van der Waals surface area contributed by atoms with Gasteiger partial charge in [-0.25, -0.2) is 4.79 Å². The lowest BCUT2D eigenvalue weighted by Crippen LogP contribution is -2.57. The second kappa shape index (κ2) is 11.2. The van der Waals surface area contributed by atoms with Crippen molar-refractivity contribution in [1.29, 1.82) is 0 Å². The van der Waals surface area contributed by atoms with E-state index < -0.39 is 17.4 Å². The summed E-state index contributed by atoms with van der Waals surface area (Å²) >= 11 is 0. The van der Waals surface area contributed by atoms with Gasteiger partial charge in [0, 0.05) is 12.2 Å². The van der Waals surface area contributed by atoms with Gasteiger partial charge in [0.2, 0.25) is 0 Å². The highest BCUT2D eigenvalue weighted by atomic mass is 16.5. The molecule has 0 radical (unpaired) electrons. The highest BCUT2D eigenvalue weighted by Gasteiger charge is 2.42. The van der Waals surface area contributed by atoms with E-state index in [2.05, 4.69) is 19.2 Å². The van der Waals surface area contributed by atoms with Gasteiger partial charge in [-0.05, 0) is 56.1 Å². The molecule has 1 aromatic rings. The fourth-order valence-corrected chi connectivity index (χ4v) is 5.60. The average molecular weight is 445 g/mol. The average Bonchev–Trinajstić information content (AvgIpc) is 2.82. The van der Waals surface area contributed by atoms with Gasteiger partial charge >= 0.3 is 5.97 Å². The van der Waals surface area contributed by atoms with Crippen LogP contribution in [0.2, 0.25) is 0 Å². The van der Waals surface area contributed by atoms with Crippen LogP contribution in [0.1, 0.15) is 106 Å². The molecule has 3 rings (SSSR count). The summed E-state index contributed by atoms with van der Waals surface area (Å²) < 4.78 is 6.93. The molecule has 2 fully saturated rings. The second-order valence-corrected chi connectivity index (χ2v) is 9.64. The predicted molar refractivity (Wildman–Crippen MR) is 126 cm³/mol. The number of carbonyl (C=O) groups excluding carboxylic acids is 2. The zero-order valence-electron chi connectivity index (χ0n) is 20.1. The molecule has 32 heavy (non-hydrogen) atoms. The minimum absolute atomic E-state index is 0.159. The van der Waals surface area contributed by atoms with Crippen molar-refractivity contribution in [2.75, 3.05) is 7.11 Å². The molecule has 0 bridgehead atoms. The Bertz CT molecular complexity index is 861. The monoisotopic (exact) mass is 444 g/mol. The van der Waals surface area contributed by atoms with Crippen LogP contribution in [0.15, 0.2) is 10.9 Å². The van der Waals surface area contributed by atoms with Crippen LogP contribution in [-0.4, -0.2) is 29.1 Å². The third-order valence-corrected chi connectivity index (χ3v) is 7.40. The van der Waals surface area contributed by atoms with E-state index in [-0.39, 0.29) is 11.1 Å². The summed E-state index contributed by atoms with van der Waals surface area (Å²) in [5.74, 6) is -0.372. The molecule has 2 saturated carbocycles. The van der Waals surface area contributed by atoms with Gasteiger partial charge in [-0.15, -0.1) is 0 Å². The van der Waals surface area contributed by atoms with Gasteiger partial charge in [0.1, 0.15) is 11.1 Å². The summed E-state index contributed by atoms with van der Waals surface area (Å²) in [5, 5.41) is 2.95. The first-order valence-electron chi connectivity index (χ1n) is 12.6. The van der Waals surface area contributed by atoms with Crippen molar-refractivity contribution < 1.29 is 14.3 Å². The van der Waals surface area contributed by atoms with Crippen LogP contribution in [-0.2, 0) is 28.9 Å². The Morgan fingerprint density at radius 2 is 1.75 bits per heavy atom. The molecule has 0 saturated heterocycles. The van der Waals surface area contributed by atoms with E-state index in [9.17, 15) is 14.4 Å². The molecule has 1 aromatic heterocycles. The Labute approximate surface area is 192 Å². The number of amides is 1. The molecule has 2 aliphatic rings. The molecule has 178 valence electrons. The van der Waals surface area contributed by atoms with E-state index >= 15 is 0 Å². The quantitative estimate of drug-likeness (QED) is 0.597. The van der Waals surface area contributed by atoms with Crippen LogP contribution in [0.4, 0.5) is 0 Å². The Hall–Kier alpha value is -2.11. The molecular formula is C26H40N2O4. The number of carbonyl (C=O) groups is 2. The van der Waals surface area contributed by atoms with Gasteiger partial charge in [0.05, 0.1) is 7.11 Å². The minimum atomic E-state index is -1.03. The van der Waals surface area contributed by atoms with Crippen molar-refractivity contribution in [3.8, 4) is 0 Å². The summed E-state index contributed by atoms with van der Waals surface area (Å²) in [6, 6.07) is 1.77. The Morgan fingerprint density at radius 1 is 1.09 bits per heavy atom. The molecule has 1 amide bonds. The number of hydrogen-bond donors (Lipinski definition) is 1. The number of nitrogens with one attached hydrogen (secondary N) is 1. The summed E-state index contributed by atoms with van der Waals surface area (Å²) in [6.45, 7) is 4.88. The first-order chi connectivity index (χ1) is 15.5.